The maximum absolute atomic E-state index is 5.64. The summed E-state index contributed by atoms with van der Waals surface area (Å²) in [6, 6.07) is 8.82. The molecule has 7 heteroatoms. The number of aromatic nitrogens is 1. The molecule has 0 aliphatic carbocycles. The van der Waals surface area contributed by atoms with Gasteiger partial charge in [0.25, 0.3) is 0 Å². The number of nitrogens with zero attached hydrogens (tertiary/aromatic N) is 3. The molecule has 1 aliphatic heterocycles. The highest BCUT2D eigenvalue weighted by Gasteiger charge is 2.10. The maximum Gasteiger partial charge on any atom is 0.214 e. The number of guanidine groups is 1. The molecule has 0 bridgehead atoms. The molecule has 6 nitrogen and oxygen atoms in total. The van der Waals surface area contributed by atoms with E-state index in [0.29, 0.717) is 19.0 Å². The lowest BCUT2D eigenvalue weighted by Gasteiger charge is -2.20. The fourth-order valence-corrected chi connectivity index (χ4v) is 3.67. The minimum Gasteiger partial charge on any atom is -0.444 e. The molecule has 1 aromatic heterocycles. The minimum atomic E-state index is 0. The van der Waals surface area contributed by atoms with Crippen molar-refractivity contribution in [3.63, 3.8) is 0 Å². The number of nitrogens with one attached hydrogen (secondary N) is 2. The van der Waals surface area contributed by atoms with E-state index < -0.39 is 0 Å². The number of hydrogen-bond acceptors (Lipinski definition) is 4. The van der Waals surface area contributed by atoms with Gasteiger partial charge in [-0.3, -0.25) is 4.90 Å². The molecule has 0 saturated carbocycles. The van der Waals surface area contributed by atoms with Crippen molar-refractivity contribution in [2.45, 2.75) is 66.1 Å². The molecule has 2 aromatic rings. The van der Waals surface area contributed by atoms with E-state index in [-0.39, 0.29) is 24.0 Å². The summed E-state index contributed by atoms with van der Waals surface area (Å²) in [5.74, 6) is 2.33. The summed E-state index contributed by atoms with van der Waals surface area (Å²) in [7, 11) is 0. The molecular formula is C23H36IN5O. The average molecular weight is 525 g/mol. The van der Waals surface area contributed by atoms with Crippen LogP contribution >= 0.6 is 24.0 Å². The van der Waals surface area contributed by atoms with E-state index in [1.165, 1.54) is 49.9 Å². The second-order valence-electron chi connectivity index (χ2n) is 7.81. The maximum atomic E-state index is 5.64. The van der Waals surface area contributed by atoms with E-state index in [0.717, 1.165) is 30.5 Å². The highest BCUT2D eigenvalue weighted by atomic mass is 127. The van der Waals surface area contributed by atoms with Gasteiger partial charge in [0.15, 0.2) is 5.96 Å². The van der Waals surface area contributed by atoms with Crippen LogP contribution in [0.5, 0.6) is 0 Å². The number of hydrogen-bond donors (Lipinski definition) is 2. The van der Waals surface area contributed by atoms with Crippen molar-refractivity contribution < 1.29 is 4.42 Å². The van der Waals surface area contributed by atoms with Gasteiger partial charge in [-0.15, -0.1) is 24.0 Å². The predicted molar refractivity (Wildman–Crippen MR) is 133 cm³/mol. The van der Waals surface area contributed by atoms with Gasteiger partial charge in [-0.05, 0) is 57.8 Å². The third kappa shape index (κ3) is 7.91. The molecule has 1 aliphatic rings. The largest absolute Gasteiger partial charge is 0.444 e. The summed E-state index contributed by atoms with van der Waals surface area (Å²) < 4.78 is 5.64. The molecule has 2 N–H and O–H groups in total. The van der Waals surface area contributed by atoms with Crippen molar-refractivity contribution in [3.05, 3.63) is 52.7 Å². The highest BCUT2D eigenvalue weighted by Crippen LogP contribution is 2.15. The summed E-state index contributed by atoms with van der Waals surface area (Å²) in [6.07, 6.45) is 5.40. The van der Waals surface area contributed by atoms with Gasteiger partial charge in [-0.25, -0.2) is 9.98 Å². The second-order valence-corrected chi connectivity index (χ2v) is 7.81. The Morgan fingerprint density at radius 1 is 1.10 bits per heavy atom. The zero-order chi connectivity index (χ0) is 20.5. The number of likely N-dealkylation sites (tertiary alicyclic amines) is 1. The third-order valence-electron chi connectivity index (χ3n) is 5.34. The third-order valence-corrected chi connectivity index (χ3v) is 5.34. The Bertz CT molecular complexity index is 777. The van der Waals surface area contributed by atoms with Crippen LogP contribution in [0.15, 0.2) is 33.7 Å². The van der Waals surface area contributed by atoms with Gasteiger partial charge in [0.1, 0.15) is 5.76 Å². The molecule has 166 valence electrons. The monoisotopic (exact) mass is 525 g/mol. The molecule has 0 amide bonds. The van der Waals surface area contributed by atoms with Crippen LogP contribution in [0, 0.1) is 13.8 Å². The zero-order valence-electron chi connectivity index (χ0n) is 18.5. The number of aryl methyl sites for hydroxylation is 2. The quantitative estimate of drug-likeness (QED) is 0.316. The van der Waals surface area contributed by atoms with Gasteiger partial charge in [-0.2, -0.15) is 0 Å². The molecule has 0 atom stereocenters. The lowest BCUT2D eigenvalue weighted by molar-refractivity contribution is 0.277. The fourth-order valence-electron chi connectivity index (χ4n) is 3.67. The topological polar surface area (TPSA) is 65.7 Å². The molecule has 0 radical (unpaired) electrons. The van der Waals surface area contributed by atoms with Crippen molar-refractivity contribution in [2.24, 2.45) is 4.99 Å². The van der Waals surface area contributed by atoms with Gasteiger partial charge < -0.3 is 15.1 Å². The molecule has 3 rings (SSSR count). The molecule has 0 unspecified atom stereocenters. The molecule has 0 spiro atoms. The number of aliphatic imine (C=N–C) groups is 1. The normalized spacial score (nSPS) is 15.4. The smallest absolute Gasteiger partial charge is 0.214 e. The van der Waals surface area contributed by atoms with Gasteiger partial charge in [-0.1, -0.05) is 37.1 Å². The number of halogens is 1. The predicted octanol–water partition coefficient (Wildman–Crippen LogP) is 4.54. The summed E-state index contributed by atoms with van der Waals surface area (Å²) in [6.45, 7) is 11.4. The van der Waals surface area contributed by atoms with E-state index in [9.17, 15) is 0 Å². The molecule has 1 aromatic carbocycles. The lowest BCUT2D eigenvalue weighted by Crippen LogP contribution is -2.36. The van der Waals surface area contributed by atoms with E-state index >= 15 is 0 Å². The lowest BCUT2D eigenvalue weighted by atomic mass is 10.1. The van der Waals surface area contributed by atoms with Crippen molar-refractivity contribution in [2.75, 3.05) is 19.6 Å². The molecular weight excluding hydrogens is 489 g/mol. The first-order valence-corrected chi connectivity index (χ1v) is 10.9. The number of oxazole rings is 1. The first-order valence-electron chi connectivity index (χ1n) is 10.9. The van der Waals surface area contributed by atoms with E-state index in [1.807, 2.05) is 13.8 Å². The van der Waals surface area contributed by atoms with Crippen LogP contribution in [0.4, 0.5) is 0 Å². The van der Waals surface area contributed by atoms with Crippen molar-refractivity contribution in [1.29, 1.82) is 0 Å². The van der Waals surface area contributed by atoms with Gasteiger partial charge >= 0.3 is 0 Å². The van der Waals surface area contributed by atoms with Gasteiger partial charge in [0.05, 0.1) is 18.8 Å². The fraction of sp³-hybridized carbons (Fsp3) is 0.565. The highest BCUT2D eigenvalue weighted by molar-refractivity contribution is 14.0. The minimum absolute atomic E-state index is 0. The number of benzene rings is 1. The van der Waals surface area contributed by atoms with E-state index in [1.54, 1.807) is 0 Å². The summed E-state index contributed by atoms with van der Waals surface area (Å²) in [5, 5.41) is 6.60. The SMILES string of the molecule is CCNC(=NCc1cccc(CN2CCCCCC2)c1)NCc1nc(C)c(C)o1.I. The number of rotatable bonds is 7. The Kier molecular flexibility index (Phi) is 10.6. The standard InChI is InChI=1S/C23H35N5O.HI/c1-4-24-23(26-16-22-27-18(2)19(3)29-22)25-15-20-10-9-11-21(14-20)17-28-12-7-5-6-8-13-28;/h9-11,14H,4-8,12-13,15-17H2,1-3H3,(H2,24,25,26);1H. The summed E-state index contributed by atoms with van der Waals surface area (Å²) in [5.41, 5.74) is 3.55. The van der Waals surface area contributed by atoms with Crippen molar-refractivity contribution in [1.82, 2.24) is 20.5 Å². The Hall–Kier alpha value is -1.61. The van der Waals surface area contributed by atoms with Crippen LogP contribution in [0.25, 0.3) is 0 Å². The Balaban J connectivity index is 0.00000320. The second kappa shape index (κ2) is 12.9. The summed E-state index contributed by atoms with van der Waals surface area (Å²) >= 11 is 0. The van der Waals surface area contributed by atoms with Crippen LogP contribution in [0.1, 0.15) is 61.1 Å². The van der Waals surface area contributed by atoms with Crippen LogP contribution < -0.4 is 10.6 Å². The Morgan fingerprint density at radius 3 is 2.50 bits per heavy atom. The first-order chi connectivity index (χ1) is 14.1. The van der Waals surface area contributed by atoms with Gasteiger partial charge in [0.2, 0.25) is 5.89 Å². The molecule has 1 fully saturated rings. The van der Waals surface area contributed by atoms with Crippen molar-refractivity contribution in [3.8, 4) is 0 Å². The Labute approximate surface area is 198 Å². The molecule has 2 heterocycles. The van der Waals surface area contributed by atoms with Gasteiger partial charge in [0, 0.05) is 13.1 Å². The van der Waals surface area contributed by atoms with E-state index in [2.05, 4.69) is 51.7 Å². The summed E-state index contributed by atoms with van der Waals surface area (Å²) in [4.78, 5) is 11.7. The average Bonchev–Trinajstić information content (AvgIpc) is 2.89. The Morgan fingerprint density at radius 2 is 1.83 bits per heavy atom. The molecule has 30 heavy (non-hydrogen) atoms. The first kappa shape index (κ1) is 24.7. The van der Waals surface area contributed by atoms with Crippen LogP contribution in [0.2, 0.25) is 0 Å². The van der Waals surface area contributed by atoms with E-state index in [4.69, 9.17) is 9.41 Å². The van der Waals surface area contributed by atoms with Crippen LogP contribution in [-0.2, 0) is 19.6 Å². The van der Waals surface area contributed by atoms with Crippen LogP contribution in [0.3, 0.4) is 0 Å². The van der Waals surface area contributed by atoms with Crippen LogP contribution in [-0.4, -0.2) is 35.5 Å². The zero-order valence-corrected chi connectivity index (χ0v) is 20.9. The van der Waals surface area contributed by atoms with Crippen molar-refractivity contribution >= 4 is 29.9 Å². The molecule has 1 saturated heterocycles.